The summed E-state index contributed by atoms with van der Waals surface area (Å²) < 4.78 is 30.0. The average Bonchev–Trinajstić information content (AvgIpc) is 2.35. The van der Waals surface area contributed by atoms with E-state index in [2.05, 4.69) is 5.32 Å². The van der Waals surface area contributed by atoms with Gasteiger partial charge in [-0.3, -0.25) is 0 Å². The van der Waals surface area contributed by atoms with E-state index >= 15 is 0 Å². The van der Waals surface area contributed by atoms with E-state index in [0.717, 1.165) is 13.0 Å². The normalized spacial score (nSPS) is 13.4. The SMILES string of the molecule is CCCNC(COC)CS(=O)(=O)c1c(Cl)cccc1Cl. The predicted octanol–water partition coefficient (Wildman–Crippen LogP) is 2.78. The van der Waals surface area contributed by atoms with Crippen molar-refractivity contribution in [1.29, 1.82) is 0 Å². The topological polar surface area (TPSA) is 55.4 Å². The van der Waals surface area contributed by atoms with Crippen LogP contribution >= 0.6 is 23.2 Å². The molecule has 0 fully saturated rings. The zero-order chi connectivity index (χ0) is 15.2. The highest BCUT2D eigenvalue weighted by Gasteiger charge is 2.25. The van der Waals surface area contributed by atoms with Crippen LogP contribution in [-0.4, -0.2) is 40.5 Å². The second-order valence-corrected chi connectivity index (χ2v) is 7.22. The number of rotatable bonds is 8. The molecule has 114 valence electrons. The summed E-state index contributed by atoms with van der Waals surface area (Å²) in [5.41, 5.74) is 0. The maximum atomic E-state index is 12.5. The van der Waals surface area contributed by atoms with Crippen molar-refractivity contribution >= 4 is 33.0 Å². The third-order valence-corrected chi connectivity index (χ3v) is 5.46. The van der Waals surface area contributed by atoms with Crippen LogP contribution in [0.4, 0.5) is 0 Å². The van der Waals surface area contributed by atoms with Crippen LogP contribution in [0.25, 0.3) is 0 Å². The lowest BCUT2D eigenvalue weighted by atomic mass is 10.3. The van der Waals surface area contributed by atoms with Crippen LogP contribution in [0.15, 0.2) is 23.1 Å². The van der Waals surface area contributed by atoms with Crippen molar-refractivity contribution in [2.45, 2.75) is 24.3 Å². The number of nitrogens with one attached hydrogen (secondary N) is 1. The fourth-order valence-corrected chi connectivity index (χ4v) is 4.59. The fraction of sp³-hybridized carbons (Fsp3) is 0.538. The second-order valence-electron chi connectivity index (χ2n) is 4.44. The number of benzene rings is 1. The molecule has 0 heterocycles. The van der Waals surface area contributed by atoms with Crippen molar-refractivity contribution in [2.75, 3.05) is 26.0 Å². The molecule has 7 heteroatoms. The van der Waals surface area contributed by atoms with Crippen LogP contribution in [0.3, 0.4) is 0 Å². The first-order chi connectivity index (χ1) is 9.42. The van der Waals surface area contributed by atoms with Gasteiger partial charge in [-0.05, 0) is 25.1 Å². The predicted molar refractivity (Wildman–Crippen MR) is 82.5 cm³/mol. The molecule has 0 radical (unpaired) electrons. The molecule has 1 rings (SSSR count). The number of halogens is 2. The monoisotopic (exact) mass is 339 g/mol. The highest BCUT2D eigenvalue weighted by molar-refractivity contribution is 7.91. The van der Waals surface area contributed by atoms with E-state index in [1.807, 2.05) is 6.92 Å². The van der Waals surface area contributed by atoms with Gasteiger partial charge in [0.15, 0.2) is 9.84 Å². The summed E-state index contributed by atoms with van der Waals surface area (Å²) in [6.07, 6.45) is 0.910. The maximum absolute atomic E-state index is 12.5. The molecular weight excluding hydrogens is 321 g/mol. The zero-order valence-electron chi connectivity index (χ0n) is 11.5. The Morgan fingerprint density at radius 3 is 2.40 bits per heavy atom. The lowest BCUT2D eigenvalue weighted by Gasteiger charge is -2.18. The molecule has 0 aliphatic heterocycles. The van der Waals surface area contributed by atoms with Gasteiger partial charge in [0.2, 0.25) is 0 Å². The lowest BCUT2D eigenvalue weighted by molar-refractivity contribution is 0.173. The molecule has 0 spiro atoms. The zero-order valence-corrected chi connectivity index (χ0v) is 13.9. The van der Waals surface area contributed by atoms with E-state index in [0.29, 0.717) is 6.61 Å². The van der Waals surface area contributed by atoms with Gasteiger partial charge in [0.1, 0.15) is 4.90 Å². The standard InChI is InChI=1S/C13H19Cl2NO3S/c1-3-7-16-10(8-19-2)9-20(17,18)13-11(14)5-4-6-12(13)15/h4-6,10,16H,3,7-9H2,1-2H3. The molecule has 4 nitrogen and oxygen atoms in total. The van der Waals surface area contributed by atoms with Crippen LogP contribution in [-0.2, 0) is 14.6 Å². The molecule has 1 N–H and O–H groups in total. The van der Waals surface area contributed by atoms with Crippen LogP contribution in [0.2, 0.25) is 10.0 Å². The second kappa shape index (κ2) is 8.20. The van der Waals surface area contributed by atoms with Gasteiger partial charge in [-0.25, -0.2) is 8.42 Å². The Hall–Kier alpha value is -0.330. The molecular formula is C13H19Cl2NO3S. The van der Waals surface area contributed by atoms with Gasteiger partial charge < -0.3 is 10.1 Å². The minimum atomic E-state index is -3.58. The van der Waals surface area contributed by atoms with Crippen LogP contribution in [0, 0.1) is 0 Å². The van der Waals surface area contributed by atoms with Crippen molar-refractivity contribution in [2.24, 2.45) is 0 Å². The Bertz CT molecular complexity index is 514. The lowest BCUT2D eigenvalue weighted by Crippen LogP contribution is -2.39. The van der Waals surface area contributed by atoms with Gasteiger partial charge >= 0.3 is 0 Å². The molecule has 1 unspecified atom stereocenters. The first kappa shape index (κ1) is 17.7. The molecule has 0 amide bonds. The fourth-order valence-electron chi connectivity index (χ4n) is 1.84. The Balaban J connectivity index is 2.97. The Labute approximate surface area is 130 Å². The summed E-state index contributed by atoms with van der Waals surface area (Å²) in [5, 5.41) is 3.43. The Morgan fingerprint density at radius 1 is 1.30 bits per heavy atom. The molecule has 1 atom stereocenters. The smallest absolute Gasteiger partial charge is 0.182 e. The molecule has 0 aliphatic rings. The maximum Gasteiger partial charge on any atom is 0.182 e. The average molecular weight is 340 g/mol. The van der Waals surface area contributed by atoms with E-state index in [1.54, 1.807) is 6.07 Å². The van der Waals surface area contributed by atoms with Crippen LogP contribution in [0.5, 0.6) is 0 Å². The van der Waals surface area contributed by atoms with Crippen molar-refractivity contribution < 1.29 is 13.2 Å². The van der Waals surface area contributed by atoms with E-state index in [9.17, 15) is 8.42 Å². The molecule has 0 bridgehead atoms. The summed E-state index contributed by atoms with van der Waals surface area (Å²) in [5.74, 6) is -0.107. The van der Waals surface area contributed by atoms with Gasteiger partial charge in [0.05, 0.1) is 22.4 Å². The van der Waals surface area contributed by atoms with Gasteiger partial charge in [-0.1, -0.05) is 36.2 Å². The third-order valence-electron chi connectivity index (χ3n) is 2.70. The van der Waals surface area contributed by atoms with Gasteiger partial charge in [0, 0.05) is 13.2 Å². The summed E-state index contributed by atoms with van der Waals surface area (Å²) in [4.78, 5) is -0.0114. The summed E-state index contributed by atoms with van der Waals surface area (Å²) >= 11 is 11.9. The summed E-state index contributed by atoms with van der Waals surface area (Å²) in [6.45, 7) is 3.04. The molecule has 0 aliphatic carbocycles. The first-order valence-electron chi connectivity index (χ1n) is 6.31. The van der Waals surface area contributed by atoms with E-state index in [4.69, 9.17) is 27.9 Å². The van der Waals surface area contributed by atoms with Crippen molar-refractivity contribution in [3.05, 3.63) is 28.2 Å². The minimum Gasteiger partial charge on any atom is -0.383 e. The third kappa shape index (κ3) is 4.90. The van der Waals surface area contributed by atoms with E-state index in [-0.39, 0.29) is 26.7 Å². The Morgan fingerprint density at radius 2 is 1.90 bits per heavy atom. The van der Waals surface area contributed by atoms with Gasteiger partial charge in [-0.2, -0.15) is 0 Å². The number of sulfone groups is 1. The van der Waals surface area contributed by atoms with E-state index < -0.39 is 9.84 Å². The largest absolute Gasteiger partial charge is 0.383 e. The molecule has 1 aromatic carbocycles. The number of hydrogen-bond donors (Lipinski definition) is 1. The van der Waals surface area contributed by atoms with Crippen LogP contribution in [0.1, 0.15) is 13.3 Å². The summed E-state index contributed by atoms with van der Waals surface area (Å²) in [7, 11) is -2.04. The highest BCUT2D eigenvalue weighted by Crippen LogP contribution is 2.30. The van der Waals surface area contributed by atoms with Crippen molar-refractivity contribution in [3.8, 4) is 0 Å². The number of hydrogen-bond acceptors (Lipinski definition) is 4. The van der Waals surface area contributed by atoms with E-state index in [1.165, 1.54) is 19.2 Å². The molecule has 0 saturated heterocycles. The molecule has 1 aromatic rings. The summed E-state index contributed by atoms with van der Waals surface area (Å²) in [6, 6.07) is 4.36. The van der Waals surface area contributed by atoms with Gasteiger partial charge in [0.25, 0.3) is 0 Å². The first-order valence-corrected chi connectivity index (χ1v) is 8.72. The van der Waals surface area contributed by atoms with Crippen molar-refractivity contribution in [1.82, 2.24) is 5.32 Å². The number of ether oxygens (including phenoxy) is 1. The van der Waals surface area contributed by atoms with Crippen molar-refractivity contribution in [3.63, 3.8) is 0 Å². The molecule has 0 saturated carbocycles. The molecule has 20 heavy (non-hydrogen) atoms. The van der Waals surface area contributed by atoms with Crippen LogP contribution < -0.4 is 5.32 Å². The number of methoxy groups -OCH3 is 1. The highest BCUT2D eigenvalue weighted by atomic mass is 35.5. The van der Waals surface area contributed by atoms with Gasteiger partial charge in [-0.15, -0.1) is 0 Å². The minimum absolute atomic E-state index is 0.0114. The quantitative estimate of drug-likeness (QED) is 0.791. The molecule has 0 aromatic heterocycles. The Kier molecular flexibility index (Phi) is 7.26.